The molecule has 1 aromatic carbocycles. The summed E-state index contributed by atoms with van der Waals surface area (Å²) < 4.78 is 16.6. The Labute approximate surface area is 180 Å². The van der Waals surface area contributed by atoms with Gasteiger partial charge in [-0.05, 0) is 44.9 Å². The summed E-state index contributed by atoms with van der Waals surface area (Å²) in [6, 6.07) is 6.05. The van der Waals surface area contributed by atoms with Crippen LogP contribution in [0.3, 0.4) is 0 Å². The fourth-order valence-corrected chi connectivity index (χ4v) is 3.32. The Morgan fingerprint density at radius 2 is 1.80 bits per heavy atom. The third kappa shape index (κ3) is 5.75. The van der Waals surface area contributed by atoms with E-state index in [2.05, 4.69) is 30.7 Å². The third-order valence-electron chi connectivity index (χ3n) is 5.56. The van der Waals surface area contributed by atoms with Crippen LogP contribution in [0, 0.1) is 5.92 Å². The fourth-order valence-electron chi connectivity index (χ4n) is 3.32. The van der Waals surface area contributed by atoms with E-state index in [1.807, 2.05) is 32.0 Å². The van der Waals surface area contributed by atoms with Crippen molar-refractivity contribution in [3.05, 3.63) is 41.6 Å². The van der Waals surface area contributed by atoms with Gasteiger partial charge in [0.25, 0.3) is 5.91 Å². The second kappa shape index (κ2) is 11.0. The predicted molar refractivity (Wildman–Crippen MR) is 117 cm³/mol. The molecule has 0 saturated carbocycles. The number of ether oxygens (including phenoxy) is 2. The quantitative estimate of drug-likeness (QED) is 0.545. The molecule has 0 bridgehead atoms. The summed E-state index contributed by atoms with van der Waals surface area (Å²) in [7, 11) is 3.32. The van der Waals surface area contributed by atoms with Crippen molar-refractivity contribution in [3.8, 4) is 11.5 Å². The predicted octanol–water partition coefficient (Wildman–Crippen LogP) is 4.22. The molecule has 166 valence electrons. The minimum absolute atomic E-state index is 0.104. The Morgan fingerprint density at radius 1 is 1.10 bits per heavy atom. The van der Waals surface area contributed by atoms with E-state index in [4.69, 9.17) is 13.9 Å². The molecular formula is C23H35N3O4. The second-order valence-corrected chi connectivity index (χ2v) is 7.67. The van der Waals surface area contributed by atoms with Crippen LogP contribution < -0.4 is 9.47 Å². The van der Waals surface area contributed by atoms with E-state index in [0.717, 1.165) is 17.1 Å². The van der Waals surface area contributed by atoms with Gasteiger partial charge in [0.05, 0.1) is 20.8 Å². The van der Waals surface area contributed by atoms with Crippen LogP contribution in [0.25, 0.3) is 0 Å². The fraction of sp³-hybridized carbons (Fsp3) is 0.565. The summed E-state index contributed by atoms with van der Waals surface area (Å²) >= 11 is 0. The maximum atomic E-state index is 12.6. The van der Waals surface area contributed by atoms with Gasteiger partial charge in [0.2, 0.25) is 5.89 Å². The molecule has 7 nitrogen and oxygen atoms in total. The normalized spacial score (nSPS) is 12.3. The number of rotatable bonds is 11. The lowest BCUT2D eigenvalue weighted by atomic mass is 10.0. The lowest BCUT2D eigenvalue weighted by Gasteiger charge is -2.31. The zero-order chi connectivity index (χ0) is 22.3. The molecule has 2 rings (SSSR count). The molecule has 2 aromatic rings. The highest BCUT2D eigenvalue weighted by Crippen LogP contribution is 2.27. The summed E-state index contributed by atoms with van der Waals surface area (Å²) in [5, 5.41) is 0. The van der Waals surface area contributed by atoms with Gasteiger partial charge in [0.1, 0.15) is 17.8 Å². The standard InChI is InChI=1S/C23H35N3O4/c1-8-25(9-2)23(27)20-15-30-22(24-20)14-26(17(5)16(3)4)13-18-12-19(28-6)10-11-21(18)29-7/h10-12,15-17H,8-9,13-14H2,1-7H3. The summed E-state index contributed by atoms with van der Waals surface area (Å²) in [6.07, 6.45) is 1.46. The van der Waals surface area contributed by atoms with Gasteiger partial charge in [-0.2, -0.15) is 0 Å². The van der Waals surface area contributed by atoms with Gasteiger partial charge in [-0.3, -0.25) is 9.69 Å². The van der Waals surface area contributed by atoms with E-state index in [1.54, 1.807) is 19.1 Å². The number of methoxy groups -OCH3 is 2. The van der Waals surface area contributed by atoms with E-state index in [0.29, 0.717) is 43.7 Å². The van der Waals surface area contributed by atoms with Crippen LogP contribution in [0.2, 0.25) is 0 Å². The molecular weight excluding hydrogens is 382 g/mol. The number of nitrogens with zero attached hydrogens (tertiary/aromatic N) is 3. The summed E-state index contributed by atoms with van der Waals surface area (Å²) in [6.45, 7) is 12.9. The summed E-state index contributed by atoms with van der Waals surface area (Å²) in [4.78, 5) is 21.0. The van der Waals surface area contributed by atoms with Crippen molar-refractivity contribution in [2.75, 3.05) is 27.3 Å². The van der Waals surface area contributed by atoms with Gasteiger partial charge in [-0.25, -0.2) is 4.98 Å². The molecule has 7 heteroatoms. The van der Waals surface area contributed by atoms with Crippen molar-refractivity contribution < 1.29 is 18.7 Å². The summed E-state index contributed by atoms with van der Waals surface area (Å²) in [5.74, 6) is 2.44. The average Bonchev–Trinajstić information content (AvgIpc) is 3.21. The van der Waals surface area contributed by atoms with Crippen molar-refractivity contribution in [2.45, 2.75) is 53.8 Å². The Bertz CT molecular complexity index is 815. The largest absolute Gasteiger partial charge is 0.497 e. The number of hydrogen-bond acceptors (Lipinski definition) is 6. The molecule has 1 atom stereocenters. The molecule has 0 N–H and O–H groups in total. The monoisotopic (exact) mass is 417 g/mol. The topological polar surface area (TPSA) is 68.0 Å². The smallest absolute Gasteiger partial charge is 0.275 e. The molecule has 1 aromatic heterocycles. The Hall–Kier alpha value is -2.54. The van der Waals surface area contributed by atoms with Gasteiger partial charge in [0.15, 0.2) is 5.69 Å². The van der Waals surface area contributed by atoms with Crippen LogP contribution in [0.5, 0.6) is 11.5 Å². The van der Waals surface area contributed by atoms with Crippen molar-refractivity contribution in [2.24, 2.45) is 5.92 Å². The first-order chi connectivity index (χ1) is 14.3. The lowest BCUT2D eigenvalue weighted by molar-refractivity contribution is 0.0767. The lowest BCUT2D eigenvalue weighted by Crippen LogP contribution is -2.36. The minimum Gasteiger partial charge on any atom is -0.497 e. The first-order valence-electron chi connectivity index (χ1n) is 10.5. The molecule has 0 aliphatic rings. The molecule has 1 heterocycles. The molecule has 0 saturated heterocycles. The highest BCUT2D eigenvalue weighted by Gasteiger charge is 2.23. The maximum Gasteiger partial charge on any atom is 0.275 e. The maximum absolute atomic E-state index is 12.6. The van der Waals surface area contributed by atoms with Gasteiger partial charge >= 0.3 is 0 Å². The van der Waals surface area contributed by atoms with Crippen molar-refractivity contribution >= 4 is 5.91 Å². The number of carbonyl (C=O) groups excluding carboxylic acids is 1. The van der Waals surface area contributed by atoms with E-state index in [1.165, 1.54) is 6.26 Å². The number of hydrogen-bond donors (Lipinski definition) is 0. The van der Waals surface area contributed by atoms with E-state index in [9.17, 15) is 4.79 Å². The van der Waals surface area contributed by atoms with E-state index >= 15 is 0 Å². The average molecular weight is 418 g/mol. The molecule has 0 aliphatic carbocycles. The molecule has 30 heavy (non-hydrogen) atoms. The Kier molecular flexibility index (Phi) is 8.72. The van der Waals surface area contributed by atoms with Crippen molar-refractivity contribution in [3.63, 3.8) is 0 Å². The van der Waals surface area contributed by atoms with Crippen molar-refractivity contribution in [1.82, 2.24) is 14.8 Å². The second-order valence-electron chi connectivity index (χ2n) is 7.67. The number of aromatic nitrogens is 1. The number of amides is 1. The first-order valence-corrected chi connectivity index (χ1v) is 10.5. The molecule has 0 spiro atoms. The number of carbonyl (C=O) groups is 1. The Morgan fingerprint density at radius 3 is 2.37 bits per heavy atom. The Balaban J connectivity index is 2.26. The summed E-state index contributed by atoms with van der Waals surface area (Å²) in [5.41, 5.74) is 1.38. The SMILES string of the molecule is CCN(CC)C(=O)c1coc(CN(Cc2cc(OC)ccc2OC)C(C)C(C)C)n1. The van der Waals surface area contributed by atoms with Crippen LogP contribution in [-0.4, -0.2) is 54.0 Å². The zero-order valence-corrected chi connectivity index (χ0v) is 19.3. The van der Waals surface area contributed by atoms with Crippen LogP contribution in [0.4, 0.5) is 0 Å². The van der Waals surface area contributed by atoms with Gasteiger partial charge in [0, 0.05) is 31.2 Å². The van der Waals surface area contributed by atoms with E-state index < -0.39 is 0 Å². The molecule has 1 unspecified atom stereocenters. The molecule has 0 aliphatic heterocycles. The number of oxazole rings is 1. The van der Waals surface area contributed by atoms with Gasteiger partial charge in [-0.1, -0.05) is 13.8 Å². The highest BCUT2D eigenvalue weighted by atomic mass is 16.5. The van der Waals surface area contributed by atoms with E-state index in [-0.39, 0.29) is 11.9 Å². The van der Waals surface area contributed by atoms with Crippen LogP contribution >= 0.6 is 0 Å². The van der Waals surface area contributed by atoms with Gasteiger partial charge in [-0.15, -0.1) is 0 Å². The van der Waals surface area contributed by atoms with Crippen LogP contribution in [0.1, 0.15) is 56.6 Å². The zero-order valence-electron chi connectivity index (χ0n) is 19.3. The molecule has 0 fully saturated rings. The third-order valence-corrected chi connectivity index (χ3v) is 5.56. The van der Waals surface area contributed by atoms with Crippen LogP contribution in [0.15, 0.2) is 28.9 Å². The minimum atomic E-state index is -0.104. The molecule has 1 amide bonds. The highest BCUT2D eigenvalue weighted by molar-refractivity contribution is 5.91. The van der Waals surface area contributed by atoms with Gasteiger partial charge < -0.3 is 18.8 Å². The van der Waals surface area contributed by atoms with Crippen molar-refractivity contribution in [1.29, 1.82) is 0 Å². The first kappa shape index (κ1) is 23.7. The molecule has 0 radical (unpaired) electrons. The van der Waals surface area contributed by atoms with Crippen LogP contribution in [-0.2, 0) is 13.1 Å². The number of benzene rings is 1.